The van der Waals surface area contributed by atoms with Crippen LogP contribution in [-0.4, -0.2) is 38.0 Å². The molecule has 29 heavy (non-hydrogen) atoms. The van der Waals surface area contributed by atoms with Crippen LogP contribution in [-0.2, 0) is 11.3 Å². The van der Waals surface area contributed by atoms with Gasteiger partial charge in [-0.2, -0.15) is 5.10 Å². The molecule has 0 aliphatic carbocycles. The standard InChI is InChI=1S/C20H21N3O6/c1-12-5-6-15-14(7-12)23(20(25)29-15)11-18(24)22-21-10-13-8-16(26-2)19(28-4)17(9-13)27-3/h5-10H,11H2,1-4H3,(H,22,24)/b21-10+. The molecule has 152 valence electrons. The molecule has 1 amide bonds. The van der Waals surface area contributed by atoms with Crippen molar-refractivity contribution in [3.63, 3.8) is 0 Å². The zero-order valence-corrected chi connectivity index (χ0v) is 16.5. The van der Waals surface area contributed by atoms with Crippen LogP contribution in [0.3, 0.4) is 0 Å². The molecule has 0 bridgehead atoms. The number of nitrogens with one attached hydrogen (secondary N) is 1. The number of carbonyl (C=O) groups is 1. The highest BCUT2D eigenvalue weighted by atomic mass is 16.5. The van der Waals surface area contributed by atoms with Crippen molar-refractivity contribution in [3.8, 4) is 17.2 Å². The molecule has 1 aromatic heterocycles. The third kappa shape index (κ3) is 4.23. The van der Waals surface area contributed by atoms with Crippen LogP contribution in [0, 0.1) is 6.92 Å². The molecule has 0 saturated carbocycles. The maximum absolute atomic E-state index is 12.2. The van der Waals surface area contributed by atoms with Crippen LogP contribution in [0.1, 0.15) is 11.1 Å². The minimum Gasteiger partial charge on any atom is -0.493 e. The van der Waals surface area contributed by atoms with E-state index in [9.17, 15) is 9.59 Å². The quantitative estimate of drug-likeness (QED) is 0.482. The summed E-state index contributed by atoms with van der Waals surface area (Å²) < 4.78 is 22.2. The number of oxazole rings is 1. The number of hydrazone groups is 1. The second-order valence-electron chi connectivity index (χ2n) is 6.18. The summed E-state index contributed by atoms with van der Waals surface area (Å²) in [6, 6.07) is 8.69. The lowest BCUT2D eigenvalue weighted by Gasteiger charge is -2.12. The van der Waals surface area contributed by atoms with Crippen molar-refractivity contribution in [1.82, 2.24) is 9.99 Å². The molecule has 0 saturated heterocycles. The molecule has 3 rings (SSSR count). The molecular formula is C20H21N3O6. The number of methoxy groups -OCH3 is 3. The van der Waals surface area contributed by atoms with E-state index in [0.717, 1.165) is 5.56 Å². The molecule has 0 aliphatic heterocycles. The number of aryl methyl sites for hydroxylation is 1. The van der Waals surface area contributed by atoms with E-state index in [1.54, 1.807) is 24.3 Å². The number of benzene rings is 2. The van der Waals surface area contributed by atoms with Gasteiger partial charge in [0.1, 0.15) is 6.54 Å². The van der Waals surface area contributed by atoms with E-state index in [2.05, 4.69) is 10.5 Å². The van der Waals surface area contributed by atoms with Gasteiger partial charge >= 0.3 is 5.76 Å². The molecule has 0 atom stereocenters. The Balaban J connectivity index is 1.75. The van der Waals surface area contributed by atoms with E-state index < -0.39 is 11.7 Å². The van der Waals surface area contributed by atoms with E-state index in [-0.39, 0.29) is 6.54 Å². The predicted octanol–water partition coefficient (Wildman–Crippen LogP) is 2.08. The zero-order valence-electron chi connectivity index (χ0n) is 16.5. The number of ether oxygens (including phenoxy) is 3. The maximum atomic E-state index is 12.2. The summed E-state index contributed by atoms with van der Waals surface area (Å²) in [6.07, 6.45) is 1.43. The molecule has 2 aromatic carbocycles. The van der Waals surface area contributed by atoms with Gasteiger partial charge in [-0.3, -0.25) is 9.36 Å². The lowest BCUT2D eigenvalue weighted by molar-refractivity contribution is -0.121. The number of hydrogen-bond donors (Lipinski definition) is 1. The summed E-state index contributed by atoms with van der Waals surface area (Å²) in [5.74, 6) is 0.310. The number of hydrogen-bond acceptors (Lipinski definition) is 7. The summed E-state index contributed by atoms with van der Waals surface area (Å²) in [5.41, 5.74) is 4.95. The minimum absolute atomic E-state index is 0.220. The number of aromatic nitrogens is 1. The SMILES string of the molecule is COc1cc(/C=N/NC(=O)Cn2c(=O)oc3ccc(C)cc32)cc(OC)c1OC. The van der Waals surface area contributed by atoms with Crippen molar-refractivity contribution in [2.45, 2.75) is 13.5 Å². The van der Waals surface area contributed by atoms with Crippen LogP contribution in [0.25, 0.3) is 11.1 Å². The second-order valence-corrected chi connectivity index (χ2v) is 6.18. The molecule has 1 N–H and O–H groups in total. The average Bonchev–Trinajstić information content (AvgIpc) is 3.01. The van der Waals surface area contributed by atoms with Crippen molar-refractivity contribution >= 4 is 23.2 Å². The Morgan fingerprint density at radius 3 is 2.45 bits per heavy atom. The van der Waals surface area contributed by atoms with Crippen molar-refractivity contribution in [1.29, 1.82) is 0 Å². The van der Waals surface area contributed by atoms with E-state index >= 15 is 0 Å². The van der Waals surface area contributed by atoms with E-state index in [4.69, 9.17) is 18.6 Å². The second kappa shape index (κ2) is 8.51. The van der Waals surface area contributed by atoms with Crippen LogP contribution in [0.5, 0.6) is 17.2 Å². The zero-order chi connectivity index (χ0) is 21.0. The number of fused-ring (bicyclic) bond motifs is 1. The molecule has 0 fully saturated rings. The highest BCUT2D eigenvalue weighted by molar-refractivity contribution is 5.85. The van der Waals surface area contributed by atoms with Gasteiger partial charge in [-0.25, -0.2) is 10.2 Å². The van der Waals surface area contributed by atoms with Crippen molar-refractivity contribution in [3.05, 3.63) is 52.0 Å². The van der Waals surface area contributed by atoms with E-state index in [0.29, 0.717) is 33.9 Å². The fraction of sp³-hybridized carbons (Fsp3) is 0.250. The Bertz CT molecular complexity index is 1100. The molecule has 9 heteroatoms. The third-order valence-corrected chi connectivity index (χ3v) is 4.21. The van der Waals surface area contributed by atoms with Gasteiger partial charge in [0.15, 0.2) is 17.1 Å². The number of carbonyl (C=O) groups excluding carboxylic acids is 1. The number of rotatable bonds is 7. The highest BCUT2D eigenvalue weighted by Gasteiger charge is 2.14. The minimum atomic E-state index is -0.602. The molecule has 0 unspecified atom stereocenters. The molecule has 1 heterocycles. The third-order valence-electron chi connectivity index (χ3n) is 4.21. The Morgan fingerprint density at radius 2 is 1.83 bits per heavy atom. The molecule has 0 spiro atoms. The van der Waals surface area contributed by atoms with Gasteiger partial charge in [-0.1, -0.05) is 6.07 Å². The van der Waals surface area contributed by atoms with Crippen LogP contribution >= 0.6 is 0 Å². The van der Waals surface area contributed by atoms with Gasteiger partial charge in [0, 0.05) is 5.56 Å². The van der Waals surface area contributed by atoms with Crippen molar-refractivity contribution in [2.24, 2.45) is 5.10 Å². The smallest absolute Gasteiger partial charge is 0.420 e. The molecular weight excluding hydrogens is 378 g/mol. The van der Waals surface area contributed by atoms with Gasteiger partial charge in [0.25, 0.3) is 5.91 Å². The van der Waals surface area contributed by atoms with Gasteiger partial charge in [-0.15, -0.1) is 0 Å². The fourth-order valence-corrected chi connectivity index (χ4v) is 2.86. The summed E-state index contributed by atoms with van der Waals surface area (Å²) >= 11 is 0. The average molecular weight is 399 g/mol. The Hall–Kier alpha value is -3.75. The van der Waals surface area contributed by atoms with Gasteiger partial charge < -0.3 is 18.6 Å². The molecule has 0 radical (unpaired) electrons. The fourth-order valence-electron chi connectivity index (χ4n) is 2.86. The summed E-state index contributed by atoms with van der Waals surface area (Å²) in [7, 11) is 4.53. The largest absolute Gasteiger partial charge is 0.493 e. The maximum Gasteiger partial charge on any atom is 0.420 e. The highest BCUT2D eigenvalue weighted by Crippen LogP contribution is 2.37. The van der Waals surface area contributed by atoms with Gasteiger partial charge in [-0.05, 0) is 36.8 Å². The van der Waals surface area contributed by atoms with Crippen molar-refractivity contribution in [2.75, 3.05) is 21.3 Å². The summed E-state index contributed by atoms with van der Waals surface area (Å²) in [4.78, 5) is 24.3. The summed E-state index contributed by atoms with van der Waals surface area (Å²) in [6.45, 7) is 1.67. The molecule has 0 aliphatic rings. The summed E-state index contributed by atoms with van der Waals surface area (Å²) in [5, 5.41) is 3.93. The molecule has 9 nitrogen and oxygen atoms in total. The first-order chi connectivity index (χ1) is 14.0. The van der Waals surface area contributed by atoms with Gasteiger partial charge in [0.2, 0.25) is 5.75 Å². The topological polar surface area (TPSA) is 104 Å². The normalized spacial score (nSPS) is 11.0. The van der Waals surface area contributed by atoms with Crippen LogP contribution in [0.15, 0.2) is 44.6 Å². The monoisotopic (exact) mass is 399 g/mol. The first-order valence-corrected chi connectivity index (χ1v) is 8.68. The predicted molar refractivity (Wildman–Crippen MR) is 107 cm³/mol. The van der Waals surface area contributed by atoms with Crippen LogP contribution in [0.4, 0.5) is 0 Å². The van der Waals surface area contributed by atoms with E-state index in [1.807, 2.05) is 13.0 Å². The van der Waals surface area contributed by atoms with E-state index in [1.165, 1.54) is 32.1 Å². The first-order valence-electron chi connectivity index (χ1n) is 8.68. The number of amides is 1. The Kier molecular flexibility index (Phi) is 5.87. The lowest BCUT2D eigenvalue weighted by Crippen LogP contribution is -2.27. The molecule has 3 aromatic rings. The van der Waals surface area contributed by atoms with Gasteiger partial charge in [0.05, 0.1) is 33.1 Å². The van der Waals surface area contributed by atoms with Crippen LogP contribution in [0.2, 0.25) is 0 Å². The lowest BCUT2D eigenvalue weighted by atomic mass is 10.2. The first kappa shape index (κ1) is 20.0. The van der Waals surface area contributed by atoms with Crippen LogP contribution < -0.4 is 25.4 Å². The Morgan fingerprint density at radius 1 is 1.14 bits per heavy atom. The number of nitrogens with zero attached hydrogens (tertiary/aromatic N) is 2. The van der Waals surface area contributed by atoms with Crippen molar-refractivity contribution < 1.29 is 23.4 Å². The Labute approximate surface area is 166 Å².